The van der Waals surface area contributed by atoms with E-state index in [-0.39, 0.29) is 17.2 Å². The predicted molar refractivity (Wildman–Crippen MR) is 112 cm³/mol. The topological polar surface area (TPSA) is 71.8 Å². The van der Waals surface area contributed by atoms with Crippen LogP contribution < -0.4 is 10.7 Å². The molecule has 1 amide bonds. The van der Waals surface area contributed by atoms with Crippen LogP contribution in [0.1, 0.15) is 35.5 Å². The van der Waals surface area contributed by atoms with Crippen molar-refractivity contribution in [1.29, 1.82) is 0 Å². The second-order valence-electron chi connectivity index (χ2n) is 6.95. The van der Waals surface area contributed by atoms with E-state index in [4.69, 9.17) is 0 Å². The Morgan fingerprint density at radius 3 is 2.68 bits per heavy atom. The molecule has 2 aromatic carbocycles. The van der Waals surface area contributed by atoms with Gasteiger partial charge in [0.25, 0.3) is 0 Å². The summed E-state index contributed by atoms with van der Waals surface area (Å²) in [5, 5.41) is 11.9. The molecule has 0 saturated heterocycles. The van der Waals surface area contributed by atoms with Gasteiger partial charge in [-0.15, -0.1) is 10.2 Å². The average molecular weight is 394 g/mol. The average Bonchev–Trinajstić information content (AvgIpc) is 3.12. The van der Waals surface area contributed by atoms with Gasteiger partial charge in [0.05, 0.1) is 6.04 Å². The van der Waals surface area contributed by atoms with Gasteiger partial charge in [0.2, 0.25) is 11.1 Å². The molecule has 0 unspecified atom stereocenters. The summed E-state index contributed by atoms with van der Waals surface area (Å²) >= 11 is 1.45. The first-order valence-electron chi connectivity index (χ1n) is 9.37. The maximum absolute atomic E-state index is 13.2. The molecule has 1 aliphatic rings. The summed E-state index contributed by atoms with van der Waals surface area (Å²) in [5.41, 5.74) is 7.58. The van der Waals surface area contributed by atoms with Crippen LogP contribution in [0.5, 0.6) is 0 Å². The van der Waals surface area contributed by atoms with Gasteiger partial charge in [-0.25, -0.2) is 4.68 Å². The first kappa shape index (κ1) is 18.6. The molecule has 2 atom stereocenters. The number of carbonyl (C=O) groups excluding carboxylic acids is 1. The second kappa shape index (κ2) is 7.67. The standard InChI is InChI=1S/C21H23N5OS/c1-4-17-23-24-21-26(17)25-18(15-8-6-5-7-9-15)19(28-21)20(27)22-16-11-10-13(2)12-14(16)3/h5-12,18-19,25H,4H2,1-3H3,(H,22,27)/t18-,19+/m0/s1. The van der Waals surface area contributed by atoms with Crippen LogP contribution >= 0.6 is 11.8 Å². The summed E-state index contributed by atoms with van der Waals surface area (Å²) in [6.07, 6.45) is 0.765. The van der Waals surface area contributed by atoms with Crippen molar-refractivity contribution in [2.75, 3.05) is 10.7 Å². The monoisotopic (exact) mass is 393 g/mol. The number of aryl methyl sites for hydroxylation is 3. The van der Waals surface area contributed by atoms with Gasteiger partial charge >= 0.3 is 0 Å². The zero-order valence-corrected chi connectivity index (χ0v) is 17.0. The lowest BCUT2D eigenvalue weighted by Crippen LogP contribution is -2.41. The molecule has 2 N–H and O–H groups in total. The molecule has 7 heteroatoms. The smallest absolute Gasteiger partial charge is 0.240 e. The van der Waals surface area contributed by atoms with E-state index >= 15 is 0 Å². The summed E-state index contributed by atoms with van der Waals surface area (Å²) in [6.45, 7) is 6.09. The normalized spacial score (nSPS) is 18.2. The Morgan fingerprint density at radius 2 is 1.96 bits per heavy atom. The molecule has 1 aliphatic heterocycles. The molecule has 2 heterocycles. The molecule has 0 bridgehead atoms. The third-order valence-corrected chi connectivity index (χ3v) is 6.09. The number of thioether (sulfide) groups is 1. The van der Waals surface area contributed by atoms with Crippen LogP contribution in [0.25, 0.3) is 0 Å². The number of fused-ring (bicyclic) bond motifs is 1. The highest BCUT2D eigenvalue weighted by atomic mass is 32.2. The van der Waals surface area contributed by atoms with E-state index in [1.165, 1.54) is 17.3 Å². The highest BCUT2D eigenvalue weighted by Gasteiger charge is 2.37. The molecule has 0 aliphatic carbocycles. The van der Waals surface area contributed by atoms with Crippen molar-refractivity contribution in [2.24, 2.45) is 0 Å². The molecule has 0 fully saturated rings. The fourth-order valence-electron chi connectivity index (χ4n) is 3.40. The van der Waals surface area contributed by atoms with Gasteiger partial charge < -0.3 is 10.7 Å². The maximum Gasteiger partial charge on any atom is 0.240 e. The zero-order valence-electron chi connectivity index (χ0n) is 16.1. The van der Waals surface area contributed by atoms with E-state index in [0.717, 1.165) is 29.1 Å². The van der Waals surface area contributed by atoms with Crippen LogP contribution in [-0.2, 0) is 11.2 Å². The van der Waals surface area contributed by atoms with Gasteiger partial charge in [-0.05, 0) is 31.0 Å². The van der Waals surface area contributed by atoms with Gasteiger partial charge in [0, 0.05) is 12.1 Å². The molecule has 0 spiro atoms. The van der Waals surface area contributed by atoms with Crippen LogP contribution in [0.4, 0.5) is 5.69 Å². The third kappa shape index (κ3) is 3.49. The first-order chi connectivity index (χ1) is 13.6. The minimum Gasteiger partial charge on any atom is -0.325 e. The SMILES string of the molecule is CCc1nnc2n1N[C@@H](c1ccccc1)[C@H](C(=O)Nc1ccc(C)cc1C)S2. The molecular weight excluding hydrogens is 370 g/mol. The molecule has 28 heavy (non-hydrogen) atoms. The Hall–Kier alpha value is -2.80. The number of anilines is 1. The molecule has 6 nitrogen and oxygen atoms in total. The fraction of sp³-hybridized carbons (Fsp3) is 0.286. The van der Waals surface area contributed by atoms with E-state index in [0.29, 0.717) is 5.16 Å². The van der Waals surface area contributed by atoms with Crippen LogP contribution in [-0.4, -0.2) is 26.0 Å². The Kier molecular flexibility index (Phi) is 5.09. The van der Waals surface area contributed by atoms with Crippen molar-refractivity contribution >= 4 is 23.4 Å². The Balaban J connectivity index is 1.67. The molecule has 1 aromatic heterocycles. The molecule has 0 saturated carbocycles. The predicted octanol–water partition coefficient (Wildman–Crippen LogP) is 3.86. The lowest BCUT2D eigenvalue weighted by atomic mass is 10.0. The number of nitrogens with zero attached hydrogens (tertiary/aromatic N) is 3. The number of hydrogen-bond donors (Lipinski definition) is 2. The largest absolute Gasteiger partial charge is 0.325 e. The van der Waals surface area contributed by atoms with Crippen molar-refractivity contribution in [3.8, 4) is 0 Å². The quantitative estimate of drug-likeness (QED) is 0.704. The number of aromatic nitrogens is 3. The fourth-order valence-corrected chi connectivity index (χ4v) is 4.49. The minimum absolute atomic E-state index is 0.0504. The number of rotatable bonds is 4. The van der Waals surface area contributed by atoms with Crippen LogP contribution in [0.2, 0.25) is 0 Å². The van der Waals surface area contributed by atoms with E-state index in [1.807, 2.05) is 67.9 Å². The Bertz CT molecular complexity index is 1000. The number of benzene rings is 2. The van der Waals surface area contributed by atoms with E-state index in [2.05, 4.69) is 27.0 Å². The van der Waals surface area contributed by atoms with Crippen molar-refractivity contribution in [2.45, 2.75) is 43.6 Å². The summed E-state index contributed by atoms with van der Waals surface area (Å²) in [5.74, 6) is 0.808. The summed E-state index contributed by atoms with van der Waals surface area (Å²) in [4.78, 5) is 13.2. The van der Waals surface area contributed by atoms with E-state index in [1.54, 1.807) is 0 Å². The van der Waals surface area contributed by atoms with Gasteiger partial charge in [0.15, 0.2) is 5.82 Å². The van der Waals surface area contributed by atoms with Crippen molar-refractivity contribution in [3.05, 3.63) is 71.0 Å². The number of amides is 1. The van der Waals surface area contributed by atoms with Crippen molar-refractivity contribution in [1.82, 2.24) is 14.9 Å². The highest BCUT2D eigenvalue weighted by molar-refractivity contribution is 8.00. The number of hydrogen-bond acceptors (Lipinski definition) is 5. The molecule has 144 valence electrons. The van der Waals surface area contributed by atoms with Crippen LogP contribution in [0.15, 0.2) is 53.7 Å². The van der Waals surface area contributed by atoms with E-state index in [9.17, 15) is 4.79 Å². The summed E-state index contributed by atoms with van der Waals surface area (Å²) < 4.78 is 1.91. The zero-order chi connectivity index (χ0) is 19.7. The van der Waals surface area contributed by atoms with Crippen molar-refractivity contribution in [3.63, 3.8) is 0 Å². The highest BCUT2D eigenvalue weighted by Crippen LogP contribution is 2.37. The maximum atomic E-state index is 13.2. The van der Waals surface area contributed by atoms with Crippen molar-refractivity contribution < 1.29 is 4.79 Å². The first-order valence-corrected chi connectivity index (χ1v) is 10.3. The third-order valence-electron chi connectivity index (χ3n) is 4.88. The molecular formula is C21H23N5OS. The van der Waals surface area contributed by atoms with Crippen LogP contribution in [0, 0.1) is 13.8 Å². The summed E-state index contributed by atoms with van der Waals surface area (Å²) in [7, 11) is 0. The summed E-state index contributed by atoms with van der Waals surface area (Å²) in [6, 6.07) is 15.9. The van der Waals surface area contributed by atoms with Crippen LogP contribution in [0.3, 0.4) is 0 Å². The Morgan fingerprint density at radius 1 is 1.18 bits per heavy atom. The van der Waals surface area contributed by atoms with Gasteiger partial charge in [-0.1, -0.05) is 66.7 Å². The number of nitrogens with one attached hydrogen (secondary N) is 2. The lowest BCUT2D eigenvalue weighted by Gasteiger charge is -2.33. The second-order valence-corrected chi connectivity index (χ2v) is 8.06. The molecule has 0 radical (unpaired) electrons. The number of carbonyl (C=O) groups is 1. The molecule has 4 rings (SSSR count). The lowest BCUT2D eigenvalue weighted by molar-refractivity contribution is -0.116. The molecule has 3 aromatic rings. The van der Waals surface area contributed by atoms with Gasteiger partial charge in [-0.2, -0.15) is 0 Å². The Labute approximate surface area is 168 Å². The van der Waals surface area contributed by atoms with Gasteiger partial charge in [0.1, 0.15) is 5.25 Å². The van der Waals surface area contributed by atoms with Gasteiger partial charge in [-0.3, -0.25) is 4.79 Å². The van der Waals surface area contributed by atoms with E-state index < -0.39 is 0 Å². The minimum atomic E-state index is -0.371.